The molecule has 6 heteroatoms. The summed E-state index contributed by atoms with van der Waals surface area (Å²) in [5.74, 6) is 0. The number of thiazole rings is 1. The summed E-state index contributed by atoms with van der Waals surface area (Å²) in [6.45, 7) is 12.7. The third-order valence-electron chi connectivity index (χ3n) is 3.94. The Kier molecular flexibility index (Phi) is 5.61. The summed E-state index contributed by atoms with van der Waals surface area (Å²) in [6, 6.07) is -0.142. The minimum absolute atomic E-state index is 0.0226. The highest BCUT2D eigenvalue weighted by Crippen LogP contribution is 2.27. The van der Waals surface area contributed by atoms with Crippen LogP contribution in [0.25, 0.3) is 0 Å². The van der Waals surface area contributed by atoms with Crippen LogP contribution in [-0.4, -0.2) is 37.0 Å². The van der Waals surface area contributed by atoms with E-state index in [2.05, 4.69) is 36.5 Å². The average molecular weight is 333 g/mol. The maximum absolute atomic E-state index is 12.1. The van der Waals surface area contributed by atoms with E-state index >= 15 is 0 Å². The number of likely N-dealkylation sites (N-methyl/N-ethyl adjacent to an activating group) is 1. The minimum atomic E-state index is -3.15. The molecule has 1 aromatic heterocycles. The Labute approximate surface area is 133 Å². The van der Waals surface area contributed by atoms with Gasteiger partial charge in [0.1, 0.15) is 0 Å². The molecule has 0 spiro atoms. The second-order valence-electron chi connectivity index (χ2n) is 7.07. The Morgan fingerprint density at radius 1 is 1.29 bits per heavy atom. The molecule has 1 unspecified atom stereocenters. The summed E-state index contributed by atoms with van der Waals surface area (Å²) < 4.78 is 23.3. The van der Waals surface area contributed by atoms with E-state index < -0.39 is 14.6 Å². The van der Waals surface area contributed by atoms with Gasteiger partial charge in [0, 0.05) is 29.5 Å². The van der Waals surface area contributed by atoms with E-state index in [1.165, 1.54) is 6.26 Å². The van der Waals surface area contributed by atoms with Crippen LogP contribution in [0.3, 0.4) is 0 Å². The first kappa shape index (κ1) is 18.6. The van der Waals surface area contributed by atoms with Crippen LogP contribution in [0.4, 0.5) is 0 Å². The molecular weight excluding hydrogens is 304 g/mol. The van der Waals surface area contributed by atoms with Gasteiger partial charge in [-0.3, -0.25) is 0 Å². The van der Waals surface area contributed by atoms with Gasteiger partial charge in [-0.15, -0.1) is 11.3 Å². The highest BCUT2D eigenvalue weighted by atomic mass is 32.2. The van der Waals surface area contributed by atoms with Crippen LogP contribution in [0.2, 0.25) is 0 Å². The van der Waals surface area contributed by atoms with Gasteiger partial charge in [-0.25, -0.2) is 13.4 Å². The van der Waals surface area contributed by atoms with Gasteiger partial charge in [-0.05, 0) is 20.4 Å². The van der Waals surface area contributed by atoms with Crippen molar-refractivity contribution in [3.8, 4) is 0 Å². The zero-order valence-corrected chi connectivity index (χ0v) is 15.8. The van der Waals surface area contributed by atoms with E-state index in [1.807, 2.05) is 6.92 Å². The maximum atomic E-state index is 12.1. The van der Waals surface area contributed by atoms with E-state index in [4.69, 9.17) is 0 Å². The van der Waals surface area contributed by atoms with Gasteiger partial charge in [-0.1, -0.05) is 27.7 Å². The molecule has 0 saturated carbocycles. The lowest BCUT2D eigenvalue weighted by molar-refractivity contribution is 0.412. The van der Waals surface area contributed by atoms with Crippen LogP contribution in [-0.2, 0) is 21.7 Å². The number of aromatic nitrogens is 1. The summed E-state index contributed by atoms with van der Waals surface area (Å²) in [7, 11) is -3.15. The second kappa shape index (κ2) is 6.34. The van der Waals surface area contributed by atoms with Crippen LogP contribution in [0, 0.1) is 0 Å². The van der Waals surface area contributed by atoms with Crippen LogP contribution >= 0.6 is 11.3 Å². The molecule has 21 heavy (non-hydrogen) atoms. The number of hydrogen-bond acceptors (Lipinski definition) is 5. The predicted octanol–water partition coefficient (Wildman–Crippen LogP) is 2.78. The normalized spacial score (nSPS) is 15.2. The third-order valence-corrected chi connectivity index (χ3v) is 7.01. The van der Waals surface area contributed by atoms with E-state index in [1.54, 1.807) is 25.2 Å². The van der Waals surface area contributed by atoms with E-state index in [0.29, 0.717) is 6.42 Å². The van der Waals surface area contributed by atoms with Crippen molar-refractivity contribution < 1.29 is 8.42 Å². The van der Waals surface area contributed by atoms with E-state index in [0.717, 1.165) is 17.2 Å². The van der Waals surface area contributed by atoms with Crippen molar-refractivity contribution in [3.63, 3.8) is 0 Å². The molecule has 1 aromatic rings. The average Bonchev–Trinajstić information content (AvgIpc) is 2.75. The molecule has 4 nitrogen and oxygen atoms in total. The molecule has 0 bridgehead atoms. The molecule has 0 fully saturated rings. The highest BCUT2D eigenvalue weighted by molar-refractivity contribution is 7.92. The molecule has 122 valence electrons. The van der Waals surface area contributed by atoms with Crippen LogP contribution < -0.4 is 5.32 Å². The zero-order valence-electron chi connectivity index (χ0n) is 14.1. The van der Waals surface area contributed by atoms with Crippen molar-refractivity contribution in [2.24, 2.45) is 0 Å². The van der Waals surface area contributed by atoms with Crippen LogP contribution in [0.5, 0.6) is 0 Å². The van der Waals surface area contributed by atoms with Crippen molar-refractivity contribution in [1.29, 1.82) is 0 Å². The SMILES string of the molecule is CCNC(Cc1nc(C(C)(C)C)cs1)C(C)(C)S(C)(=O)=O. The van der Waals surface area contributed by atoms with Crippen molar-refractivity contribution in [3.05, 3.63) is 16.1 Å². The molecule has 1 rings (SSSR count). The van der Waals surface area contributed by atoms with Gasteiger partial charge in [0.2, 0.25) is 0 Å². The monoisotopic (exact) mass is 332 g/mol. The Morgan fingerprint density at radius 3 is 2.24 bits per heavy atom. The minimum Gasteiger partial charge on any atom is -0.312 e. The summed E-state index contributed by atoms with van der Waals surface area (Å²) >= 11 is 1.61. The quantitative estimate of drug-likeness (QED) is 0.870. The molecule has 0 aliphatic rings. The summed E-state index contributed by atoms with van der Waals surface area (Å²) in [5, 5.41) is 6.38. The van der Waals surface area contributed by atoms with Gasteiger partial charge >= 0.3 is 0 Å². The molecule has 0 saturated heterocycles. The largest absolute Gasteiger partial charge is 0.312 e. The van der Waals surface area contributed by atoms with Gasteiger partial charge in [0.05, 0.1) is 15.4 Å². The van der Waals surface area contributed by atoms with Crippen molar-refractivity contribution in [2.45, 2.75) is 64.2 Å². The molecule has 1 heterocycles. The zero-order chi connectivity index (χ0) is 16.5. The molecule has 0 aromatic carbocycles. The number of hydrogen-bond donors (Lipinski definition) is 1. The van der Waals surface area contributed by atoms with Gasteiger partial charge < -0.3 is 5.32 Å². The lowest BCUT2D eigenvalue weighted by Gasteiger charge is -2.32. The molecule has 0 amide bonds. The fourth-order valence-corrected chi connectivity index (χ4v) is 3.74. The Morgan fingerprint density at radius 2 is 1.86 bits per heavy atom. The van der Waals surface area contributed by atoms with E-state index in [-0.39, 0.29) is 11.5 Å². The summed E-state index contributed by atoms with van der Waals surface area (Å²) in [4.78, 5) is 4.68. The van der Waals surface area contributed by atoms with E-state index in [9.17, 15) is 8.42 Å². The standard InChI is InChI=1S/C15H28N2O2S2/c1-8-16-11(15(5,6)21(7,18)19)9-13-17-12(10-20-13)14(2,3)4/h10-11,16H,8-9H2,1-7H3. The Hall–Kier alpha value is -0.460. The van der Waals surface area contributed by atoms with Gasteiger partial charge in [0.15, 0.2) is 9.84 Å². The second-order valence-corrected chi connectivity index (χ2v) is 10.6. The maximum Gasteiger partial charge on any atom is 0.154 e. The molecule has 0 radical (unpaired) electrons. The molecule has 1 atom stereocenters. The van der Waals surface area contributed by atoms with Gasteiger partial charge in [-0.2, -0.15) is 0 Å². The molecular formula is C15H28N2O2S2. The first-order valence-electron chi connectivity index (χ1n) is 7.27. The first-order valence-corrected chi connectivity index (χ1v) is 10.0. The van der Waals surface area contributed by atoms with Gasteiger partial charge in [0.25, 0.3) is 0 Å². The number of nitrogens with one attached hydrogen (secondary N) is 1. The number of nitrogens with zero attached hydrogens (tertiary/aromatic N) is 1. The Bertz CT molecular complexity index is 569. The summed E-state index contributed by atoms with van der Waals surface area (Å²) in [5.41, 5.74) is 1.09. The van der Waals surface area contributed by atoms with Crippen LogP contribution in [0.1, 0.15) is 52.2 Å². The summed E-state index contributed by atoms with van der Waals surface area (Å²) in [6.07, 6.45) is 1.94. The van der Waals surface area contributed by atoms with Crippen molar-refractivity contribution in [1.82, 2.24) is 10.3 Å². The fourth-order valence-electron chi connectivity index (χ4n) is 1.99. The molecule has 0 aliphatic carbocycles. The molecule has 0 aliphatic heterocycles. The lowest BCUT2D eigenvalue weighted by Crippen LogP contribution is -2.52. The third kappa shape index (κ3) is 4.50. The number of sulfone groups is 1. The predicted molar refractivity (Wildman–Crippen MR) is 90.9 cm³/mol. The Balaban J connectivity index is 3.02. The van der Waals surface area contributed by atoms with Crippen molar-refractivity contribution in [2.75, 3.05) is 12.8 Å². The molecule has 1 N–H and O–H groups in total. The van der Waals surface area contributed by atoms with Crippen molar-refractivity contribution >= 4 is 21.2 Å². The highest BCUT2D eigenvalue weighted by Gasteiger charge is 2.39. The first-order chi connectivity index (χ1) is 9.39. The lowest BCUT2D eigenvalue weighted by atomic mass is 9.93. The fraction of sp³-hybridized carbons (Fsp3) is 0.800. The smallest absolute Gasteiger partial charge is 0.154 e. The number of rotatable bonds is 6. The topological polar surface area (TPSA) is 59.1 Å². The van der Waals surface area contributed by atoms with Crippen LogP contribution in [0.15, 0.2) is 5.38 Å².